The number of nitrogens with zero attached hydrogens (tertiary/aromatic N) is 2. The Labute approximate surface area is 122 Å². The van der Waals surface area contributed by atoms with Crippen molar-refractivity contribution in [2.45, 2.75) is 6.18 Å². The molecule has 0 radical (unpaired) electrons. The maximum Gasteiger partial charge on any atom is 0.416 e. The van der Waals surface area contributed by atoms with Gasteiger partial charge in [0, 0.05) is 11.1 Å². The Morgan fingerprint density at radius 3 is 2.00 bits per heavy atom. The van der Waals surface area contributed by atoms with Gasteiger partial charge in [-0.05, 0) is 36.4 Å². The van der Waals surface area contributed by atoms with Crippen molar-refractivity contribution in [3.8, 4) is 22.8 Å². The van der Waals surface area contributed by atoms with E-state index in [0.29, 0.717) is 11.1 Å². The third-order valence-corrected chi connectivity index (χ3v) is 2.99. The van der Waals surface area contributed by atoms with Gasteiger partial charge in [0.1, 0.15) is 5.82 Å². The molecule has 7 heteroatoms. The van der Waals surface area contributed by atoms with E-state index in [4.69, 9.17) is 4.52 Å². The Balaban J connectivity index is 1.89. The van der Waals surface area contributed by atoms with E-state index in [0.717, 1.165) is 12.1 Å². The molecular weight excluding hydrogens is 300 g/mol. The van der Waals surface area contributed by atoms with Crippen LogP contribution in [0.1, 0.15) is 5.56 Å². The fraction of sp³-hybridized carbons (Fsp3) is 0.0667. The molecule has 0 atom stereocenters. The van der Waals surface area contributed by atoms with Crippen molar-refractivity contribution >= 4 is 0 Å². The van der Waals surface area contributed by atoms with Crippen molar-refractivity contribution in [3.63, 3.8) is 0 Å². The predicted octanol–water partition coefficient (Wildman–Crippen LogP) is 4.56. The topological polar surface area (TPSA) is 38.9 Å². The lowest BCUT2D eigenvalue weighted by Crippen LogP contribution is -2.04. The third-order valence-electron chi connectivity index (χ3n) is 2.99. The van der Waals surface area contributed by atoms with Crippen LogP contribution in [-0.2, 0) is 6.18 Å². The molecule has 0 aliphatic heterocycles. The Hall–Kier alpha value is -2.70. The quantitative estimate of drug-likeness (QED) is 0.651. The maximum absolute atomic E-state index is 12.8. The number of rotatable bonds is 2. The second-order valence-corrected chi connectivity index (χ2v) is 4.51. The van der Waals surface area contributed by atoms with E-state index < -0.39 is 17.6 Å². The second kappa shape index (κ2) is 5.25. The van der Waals surface area contributed by atoms with Gasteiger partial charge in [0.05, 0.1) is 5.56 Å². The number of hydrogen-bond donors (Lipinski definition) is 0. The summed E-state index contributed by atoms with van der Waals surface area (Å²) in [6.07, 6.45) is -4.39. The predicted molar refractivity (Wildman–Crippen MR) is 70.1 cm³/mol. The van der Waals surface area contributed by atoms with Crippen LogP contribution >= 0.6 is 0 Å². The molecule has 0 fully saturated rings. The summed E-state index contributed by atoms with van der Waals surface area (Å²) in [7, 11) is 0. The van der Waals surface area contributed by atoms with Crippen molar-refractivity contribution in [1.29, 1.82) is 0 Å². The minimum atomic E-state index is -4.39. The molecule has 3 nitrogen and oxygen atoms in total. The first-order valence-corrected chi connectivity index (χ1v) is 6.21. The van der Waals surface area contributed by atoms with E-state index >= 15 is 0 Å². The second-order valence-electron chi connectivity index (χ2n) is 4.51. The van der Waals surface area contributed by atoms with E-state index in [9.17, 15) is 17.6 Å². The smallest absolute Gasteiger partial charge is 0.334 e. The Kier molecular flexibility index (Phi) is 3.40. The number of hydrogen-bond acceptors (Lipinski definition) is 3. The first-order valence-electron chi connectivity index (χ1n) is 6.21. The number of alkyl halides is 3. The molecule has 0 amide bonds. The van der Waals surface area contributed by atoms with E-state index in [-0.39, 0.29) is 11.7 Å². The minimum absolute atomic E-state index is 0.160. The summed E-state index contributed by atoms with van der Waals surface area (Å²) in [6, 6.07) is 9.87. The fourth-order valence-electron chi connectivity index (χ4n) is 1.86. The van der Waals surface area contributed by atoms with Crippen LogP contribution in [0, 0.1) is 5.82 Å². The molecule has 3 aromatic rings. The van der Waals surface area contributed by atoms with Crippen molar-refractivity contribution in [3.05, 3.63) is 59.9 Å². The largest absolute Gasteiger partial charge is 0.416 e. The number of benzene rings is 2. The van der Waals surface area contributed by atoms with Crippen LogP contribution in [0.3, 0.4) is 0 Å². The summed E-state index contributed by atoms with van der Waals surface area (Å²) >= 11 is 0. The molecule has 112 valence electrons. The molecule has 0 saturated carbocycles. The molecule has 0 spiro atoms. The Morgan fingerprint density at radius 1 is 0.818 bits per heavy atom. The lowest BCUT2D eigenvalue weighted by Gasteiger charge is -2.05. The lowest BCUT2D eigenvalue weighted by atomic mass is 10.1. The van der Waals surface area contributed by atoms with Crippen LogP contribution in [0.15, 0.2) is 53.1 Å². The molecule has 0 bridgehead atoms. The van der Waals surface area contributed by atoms with E-state index in [1.165, 1.54) is 36.4 Å². The molecule has 0 saturated heterocycles. The highest BCUT2D eigenvalue weighted by atomic mass is 19.4. The van der Waals surface area contributed by atoms with Gasteiger partial charge in [-0.1, -0.05) is 17.3 Å². The van der Waals surface area contributed by atoms with Crippen molar-refractivity contribution in [1.82, 2.24) is 10.1 Å². The number of aromatic nitrogens is 2. The SMILES string of the molecule is Fc1ccc(-c2nc(-c3ccc(C(F)(F)F)cc3)no2)cc1. The van der Waals surface area contributed by atoms with Gasteiger partial charge < -0.3 is 4.52 Å². The highest BCUT2D eigenvalue weighted by Crippen LogP contribution is 2.30. The Bertz CT molecular complexity index is 777. The summed E-state index contributed by atoms with van der Waals surface area (Å²) in [5, 5.41) is 3.72. The zero-order valence-corrected chi connectivity index (χ0v) is 10.9. The molecule has 2 aromatic carbocycles. The molecule has 22 heavy (non-hydrogen) atoms. The highest BCUT2D eigenvalue weighted by molar-refractivity contribution is 5.60. The Morgan fingerprint density at radius 2 is 1.41 bits per heavy atom. The first kappa shape index (κ1) is 14.2. The zero-order valence-electron chi connectivity index (χ0n) is 10.9. The van der Waals surface area contributed by atoms with Crippen LogP contribution < -0.4 is 0 Å². The maximum atomic E-state index is 12.8. The van der Waals surface area contributed by atoms with Crippen LogP contribution in [-0.4, -0.2) is 10.1 Å². The van der Waals surface area contributed by atoms with E-state index in [2.05, 4.69) is 10.1 Å². The average Bonchev–Trinajstić information content (AvgIpc) is 2.97. The van der Waals surface area contributed by atoms with Gasteiger partial charge in [0.2, 0.25) is 5.82 Å². The van der Waals surface area contributed by atoms with Gasteiger partial charge in [0.15, 0.2) is 0 Å². The van der Waals surface area contributed by atoms with Crippen molar-refractivity contribution in [2.24, 2.45) is 0 Å². The van der Waals surface area contributed by atoms with Gasteiger partial charge >= 0.3 is 6.18 Å². The summed E-state index contributed by atoms with van der Waals surface area (Å²) < 4.78 is 55.4. The van der Waals surface area contributed by atoms with Gasteiger partial charge in [-0.3, -0.25) is 0 Å². The monoisotopic (exact) mass is 308 g/mol. The number of halogens is 4. The lowest BCUT2D eigenvalue weighted by molar-refractivity contribution is -0.137. The first-order chi connectivity index (χ1) is 10.4. The molecular formula is C15H8F4N2O. The van der Waals surface area contributed by atoms with E-state index in [1.54, 1.807) is 0 Å². The van der Waals surface area contributed by atoms with Crippen LogP contribution in [0.4, 0.5) is 17.6 Å². The molecule has 0 aliphatic carbocycles. The third kappa shape index (κ3) is 2.83. The highest BCUT2D eigenvalue weighted by Gasteiger charge is 2.30. The van der Waals surface area contributed by atoms with Crippen LogP contribution in [0.25, 0.3) is 22.8 Å². The van der Waals surface area contributed by atoms with Gasteiger partial charge in [-0.15, -0.1) is 0 Å². The standard InChI is InChI=1S/C15H8F4N2O/c16-12-7-3-10(4-8-12)14-20-13(21-22-14)9-1-5-11(6-2-9)15(17,18)19/h1-8H. The van der Waals surface area contributed by atoms with Crippen LogP contribution in [0.5, 0.6) is 0 Å². The van der Waals surface area contributed by atoms with Crippen LogP contribution in [0.2, 0.25) is 0 Å². The normalized spacial score (nSPS) is 11.6. The molecule has 3 rings (SSSR count). The molecule has 0 unspecified atom stereocenters. The van der Waals surface area contributed by atoms with Gasteiger partial charge in [0.25, 0.3) is 5.89 Å². The van der Waals surface area contributed by atoms with Gasteiger partial charge in [-0.25, -0.2) is 4.39 Å². The minimum Gasteiger partial charge on any atom is -0.334 e. The van der Waals surface area contributed by atoms with Crippen molar-refractivity contribution < 1.29 is 22.1 Å². The fourth-order valence-corrected chi connectivity index (χ4v) is 1.86. The van der Waals surface area contributed by atoms with Crippen molar-refractivity contribution in [2.75, 3.05) is 0 Å². The van der Waals surface area contributed by atoms with Gasteiger partial charge in [-0.2, -0.15) is 18.2 Å². The summed E-state index contributed by atoms with van der Waals surface area (Å²) in [4.78, 5) is 4.09. The summed E-state index contributed by atoms with van der Waals surface area (Å²) in [6.45, 7) is 0. The zero-order chi connectivity index (χ0) is 15.7. The molecule has 0 N–H and O–H groups in total. The molecule has 1 heterocycles. The summed E-state index contributed by atoms with van der Waals surface area (Å²) in [5.74, 6) is -0.0748. The van der Waals surface area contributed by atoms with E-state index in [1.807, 2.05) is 0 Å². The molecule has 1 aromatic heterocycles. The average molecular weight is 308 g/mol. The summed E-state index contributed by atoms with van der Waals surface area (Å²) in [5.41, 5.74) is 0.163. The molecule has 0 aliphatic rings.